The maximum Gasteiger partial charge on any atom is 0.0596 e. The summed E-state index contributed by atoms with van der Waals surface area (Å²) in [5.74, 6) is 0. The van der Waals surface area contributed by atoms with Crippen LogP contribution in [0.15, 0.2) is 18.3 Å². The van der Waals surface area contributed by atoms with Crippen molar-refractivity contribution in [3.8, 4) is 0 Å². The van der Waals surface area contributed by atoms with Gasteiger partial charge in [0, 0.05) is 50.3 Å². The molecule has 19 heavy (non-hydrogen) atoms. The van der Waals surface area contributed by atoms with E-state index in [0.29, 0.717) is 6.10 Å². The Bertz CT molecular complexity index is 387. The molecule has 0 aliphatic carbocycles. The Kier molecular flexibility index (Phi) is 5.16. The van der Waals surface area contributed by atoms with E-state index < -0.39 is 0 Å². The second-order valence-electron chi connectivity index (χ2n) is 5.40. The molecule has 106 valence electrons. The van der Waals surface area contributed by atoms with E-state index in [4.69, 9.17) is 4.74 Å². The van der Waals surface area contributed by atoms with Gasteiger partial charge in [-0.15, -0.1) is 0 Å². The Balaban J connectivity index is 1.76. The molecule has 2 heterocycles. The molecule has 1 aliphatic rings. The number of hydrogen-bond donors (Lipinski definition) is 0. The quantitative estimate of drug-likeness (QED) is 0.811. The predicted molar refractivity (Wildman–Crippen MR) is 78.7 cm³/mol. The molecule has 1 fully saturated rings. The van der Waals surface area contributed by atoms with Crippen molar-refractivity contribution in [1.82, 2.24) is 9.88 Å². The molecule has 1 aromatic rings. The maximum atomic E-state index is 5.61. The minimum atomic E-state index is 0.334. The lowest BCUT2D eigenvalue weighted by atomic mass is 10.2. The molecule has 0 aromatic carbocycles. The largest absolute Gasteiger partial charge is 0.377 e. The number of ether oxygens (including phenoxy) is 1. The molecule has 4 heteroatoms. The predicted octanol–water partition coefficient (Wildman–Crippen LogP) is 1.94. The number of nitrogens with zero attached hydrogens (tertiary/aromatic N) is 3. The first-order valence-electron chi connectivity index (χ1n) is 7.16. The van der Waals surface area contributed by atoms with Gasteiger partial charge < -0.3 is 9.64 Å². The van der Waals surface area contributed by atoms with Gasteiger partial charge in [0.2, 0.25) is 0 Å². The van der Waals surface area contributed by atoms with Gasteiger partial charge in [0.25, 0.3) is 0 Å². The van der Waals surface area contributed by atoms with Crippen molar-refractivity contribution in [2.75, 3.05) is 44.2 Å². The molecule has 0 bridgehead atoms. The highest BCUT2D eigenvalue weighted by Gasteiger charge is 2.17. The fourth-order valence-electron chi connectivity index (χ4n) is 2.37. The zero-order valence-corrected chi connectivity index (χ0v) is 12.3. The van der Waals surface area contributed by atoms with E-state index in [9.17, 15) is 0 Å². The Labute approximate surface area is 116 Å². The first kappa shape index (κ1) is 14.3. The number of rotatable bonds is 5. The zero-order chi connectivity index (χ0) is 13.7. The number of piperazine rings is 1. The minimum absolute atomic E-state index is 0.334. The standard InChI is InChI=1S/C15H25N3O/c1-13(2)19-11-10-17-6-8-18(9-7-17)15-4-5-16-14(3)12-15/h4-5,12-13H,6-11H2,1-3H3. The summed E-state index contributed by atoms with van der Waals surface area (Å²) in [6.07, 6.45) is 2.23. The van der Waals surface area contributed by atoms with Gasteiger partial charge >= 0.3 is 0 Å². The molecular weight excluding hydrogens is 238 g/mol. The first-order valence-corrected chi connectivity index (χ1v) is 7.16. The highest BCUT2D eigenvalue weighted by Crippen LogP contribution is 2.16. The van der Waals surface area contributed by atoms with E-state index in [1.807, 2.05) is 13.1 Å². The molecule has 0 N–H and O–H groups in total. The Morgan fingerprint density at radius 1 is 1.26 bits per heavy atom. The molecule has 1 saturated heterocycles. The number of hydrogen-bond acceptors (Lipinski definition) is 4. The van der Waals surface area contributed by atoms with Crippen LogP contribution in [-0.4, -0.2) is 55.3 Å². The molecule has 4 nitrogen and oxygen atoms in total. The van der Waals surface area contributed by atoms with Crippen molar-refractivity contribution in [3.63, 3.8) is 0 Å². The van der Waals surface area contributed by atoms with Gasteiger partial charge in [-0.05, 0) is 32.9 Å². The van der Waals surface area contributed by atoms with Crippen LogP contribution in [0.2, 0.25) is 0 Å². The summed E-state index contributed by atoms with van der Waals surface area (Å²) in [6, 6.07) is 4.27. The van der Waals surface area contributed by atoms with E-state index in [2.05, 4.69) is 40.8 Å². The van der Waals surface area contributed by atoms with Crippen LogP contribution < -0.4 is 4.90 Å². The second kappa shape index (κ2) is 6.87. The number of aromatic nitrogens is 1. The van der Waals surface area contributed by atoms with E-state index in [0.717, 1.165) is 45.0 Å². The normalized spacial score (nSPS) is 17.2. The molecule has 0 atom stereocenters. The van der Waals surface area contributed by atoms with Crippen molar-refractivity contribution in [2.45, 2.75) is 26.9 Å². The fraction of sp³-hybridized carbons (Fsp3) is 0.667. The van der Waals surface area contributed by atoms with Crippen molar-refractivity contribution in [2.24, 2.45) is 0 Å². The first-order chi connectivity index (χ1) is 9.15. The summed E-state index contributed by atoms with van der Waals surface area (Å²) >= 11 is 0. The van der Waals surface area contributed by atoms with E-state index in [1.165, 1.54) is 5.69 Å². The van der Waals surface area contributed by atoms with Gasteiger partial charge in [0.1, 0.15) is 0 Å². The minimum Gasteiger partial charge on any atom is -0.377 e. The summed E-state index contributed by atoms with van der Waals surface area (Å²) < 4.78 is 5.61. The molecule has 0 amide bonds. The van der Waals surface area contributed by atoms with Crippen LogP contribution in [0.3, 0.4) is 0 Å². The summed E-state index contributed by atoms with van der Waals surface area (Å²) in [5, 5.41) is 0. The SMILES string of the molecule is Cc1cc(N2CCN(CCOC(C)C)CC2)ccn1. The molecule has 0 saturated carbocycles. The molecule has 0 radical (unpaired) electrons. The van der Waals surface area contributed by atoms with Crippen molar-refractivity contribution in [3.05, 3.63) is 24.0 Å². The van der Waals surface area contributed by atoms with Crippen LogP contribution in [0, 0.1) is 6.92 Å². The van der Waals surface area contributed by atoms with Crippen LogP contribution in [0.1, 0.15) is 19.5 Å². The van der Waals surface area contributed by atoms with Crippen molar-refractivity contribution >= 4 is 5.69 Å². The van der Waals surface area contributed by atoms with Gasteiger partial charge in [-0.25, -0.2) is 0 Å². The molecule has 2 rings (SSSR count). The summed E-state index contributed by atoms with van der Waals surface area (Å²) in [7, 11) is 0. The summed E-state index contributed by atoms with van der Waals surface area (Å²) in [5.41, 5.74) is 2.39. The topological polar surface area (TPSA) is 28.6 Å². The lowest BCUT2D eigenvalue weighted by Crippen LogP contribution is -2.47. The Morgan fingerprint density at radius 3 is 2.63 bits per heavy atom. The highest BCUT2D eigenvalue weighted by atomic mass is 16.5. The van der Waals surface area contributed by atoms with Gasteiger partial charge in [-0.2, -0.15) is 0 Å². The van der Waals surface area contributed by atoms with Crippen LogP contribution in [0.5, 0.6) is 0 Å². The third-order valence-corrected chi connectivity index (χ3v) is 3.48. The summed E-state index contributed by atoms with van der Waals surface area (Å²) in [4.78, 5) is 9.17. The Hall–Kier alpha value is -1.13. The third-order valence-electron chi connectivity index (χ3n) is 3.48. The van der Waals surface area contributed by atoms with Gasteiger partial charge in [0.05, 0.1) is 12.7 Å². The summed E-state index contributed by atoms with van der Waals surface area (Å²) in [6.45, 7) is 12.5. The third kappa shape index (κ3) is 4.48. The lowest BCUT2D eigenvalue weighted by Gasteiger charge is -2.36. The number of anilines is 1. The number of pyridine rings is 1. The second-order valence-corrected chi connectivity index (χ2v) is 5.40. The highest BCUT2D eigenvalue weighted by molar-refractivity contribution is 5.46. The van der Waals surface area contributed by atoms with Crippen LogP contribution >= 0.6 is 0 Å². The van der Waals surface area contributed by atoms with Crippen LogP contribution in [0.4, 0.5) is 5.69 Å². The van der Waals surface area contributed by atoms with Gasteiger partial charge in [-0.3, -0.25) is 9.88 Å². The molecule has 1 aromatic heterocycles. The van der Waals surface area contributed by atoms with Crippen LogP contribution in [-0.2, 0) is 4.74 Å². The molecule has 0 spiro atoms. The lowest BCUT2D eigenvalue weighted by molar-refractivity contribution is 0.0579. The van der Waals surface area contributed by atoms with E-state index in [1.54, 1.807) is 0 Å². The van der Waals surface area contributed by atoms with Gasteiger partial charge in [-0.1, -0.05) is 0 Å². The smallest absolute Gasteiger partial charge is 0.0596 e. The monoisotopic (exact) mass is 263 g/mol. The average Bonchev–Trinajstić information content (AvgIpc) is 2.39. The molecule has 1 aliphatic heterocycles. The average molecular weight is 263 g/mol. The molecule has 0 unspecified atom stereocenters. The zero-order valence-electron chi connectivity index (χ0n) is 12.3. The van der Waals surface area contributed by atoms with Gasteiger partial charge in [0.15, 0.2) is 0 Å². The molecular formula is C15H25N3O. The fourth-order valence-corrected chi connectivity index (χ4v) is 2.37. The van der Waals surface area contributed by atoms with E-state index >= 15 is 0 Å². The van der Waals surface area contributed by atoms with Crippen molar-refractivity contribution in [1.29, 1.82) is 0 Å². The van der Waals surface area contributed by atoms with Crippen LogP contribution in [0.25, 0.3) is 0 Å². The maximum absolute atomic E-state index is 5.61. The number of aryl methyl sites for hydroxylation is 1. The van der Waals surface area contributed by atoms with E-state index in [-0.39, 0.29) is 0 Å². The van der Waals surface area contributed by atoms with Crippen molar-refractivity contribution < 1.29 is 4.74 Å². The Morgan fingerprint density at radius 2 is 2.00 bits per heavy atom.